The highest BCUT2D eigenvalue weighted by atomic mass is 35.5. The van der Waals surface area contributed by atoms with E-state index in [9.17, 15) is 9.59 Å². The smallest absolute Gasteiger partial charge is 0.328 e. The van der Waals surface area contributed by atoms with Crippen molar-refractivity contribution in [1.82, 2.24) is 25.1 Å². The molecule has 1 spiro atoms. The monoisotopic (exact) mass is 369 g/mol. The van der Waals surface area contributed by atoms with Crippen LogP contribution in [0.3, 0.4) is 0 Å². The molecule has 9 heteroatoms. The first kappa shape index (κ1) is 19.6. The number of nitrogens with zero attached hydrogens (tertiary/aromatic N) is 4. The first-order valence-electron chi connectivity index (χ1n) is 8.28. The third kappa shape index (κ3) is 3.75. The normalized spacial score (nSPS) is 19.4. The molecule has 3 heterocycles. The maximum absolute atomic E-state index is 13.1. The highest BCUT2D eigenvalue weighted by molar-refractivity contribution is 6.07. The van der Waals surface area contributed by atoms with E-state index < -0.39 is 5.54 Å². The van der Waals surface area contributed by atoms with Crippen molar-refractivity contribution in [1.29, 1.82) is 0 Å². The number of piperidine rings is 1. The minimum absolute atomic E-state index is 0. The minimum Gasteiger partial charge on any atom is -0.385 e. The number of carbonyl (C=O) groups is 2. The van der Waals surface area contributed by atoms with Gasteiger partial charge in [0.1, 0.15) is 11.4 Å². The van der Waals surface area contributed by atoms with Gasteiger partial charge < -0.3 is 15.0 Å². The number of amides is 3. The molecule has 8 nitrogen and oxygen atoms in total. The van der Waals surface area contributed by atoms with Gasteiger partial charge in [-0.2, -0.15) is 0 Å². The topological polar surface area (TPSA) is 87.7 Å². The molecular formula is C16H24ClN5O3. The Hall–Kier alpha value is -1.77. The van der Waals surface area contributed by atoms with Crippen LogP contribution in [-0.2, 0) is 16.1 Å². The van der Waals surface area contributed by atoms with Gasteiger partial charge in [-0.25, -0.2) is 14.8 Å². The Bertz CT molecular complexity index is 595. The number of nitrogens with one attached hydrogen (secondary N) is 1. The standard InChI is InChI=1S/C16H23N5O3.ClH/c1-24-11-3-10-21-15(23)20(12-13-18-6-2-7-19-13)14(22)16(21)4-8-17-9-5-16;/h2,6-7,17H,3-5,8-12H2,1H3;1H. The third-order valence-electron chi connectivity index (χ3n) is 4.70. The molecule has 25 heavy (non-hydrogen) atoms. The van der Waals surface area contributed by atoms with E-state index in [1.165, 1.54) is 4.90 Å². The van der Waals surface area contributed by atoms with Crippen LogP contribution in [0, 0.1) is 0 Å². The molecule has 0 aliphatic carbocycles. The molecule has 138 valence electrons. The van der Waals surface area contributed by atoms with Crippen LogP contribution in [0.5, 0.6) is 0 Å². The van der Waals surface area contributed by atoms with E-state index in [1.807, 2.05) is 0 Å². The number of hydrogen-bond acceptors (Lipinski definition) is 6. The van der Waals surface area contributed by atoms with E-state index in [-0.39, 0.29) is 30.9 Å². The second-order valence-corrected chi connectivity index (χ2v) is 6.12. The predicted molar refractivity (Wildman–Crippen MR) is 93.3 cm³/mol. The lowest BCUT2D eigenvalue weighted by molar-refractivity contribution is -0.135. The van der Waals surface area contributed by atoms with E-state index in [1.54, 1.807) is 30.5 Å². The predicted octanol–water partition coefficient (Wildman–Crippen LogP) is 0.821. The molecule has 0 aromatic carbocycles. The number of rotatable bonds is 6. The van der Waals surface area contributed by atoms with Crippen molar-refractivity contribution in [3.05, 3.63) is 24.3 Å². The van der Waals surface area contributed by atoms with E-state index >= 15 is 0 Å². The number of urea groups is 1. The first-order chi connectivity index (χ1) is 11.7. The lowest BCUT2D eigenvalue weighted by Gasteiger charge is -2.38. The fraction of sp³-hybridized carbons (Fsp3) is 0.625. The number of hydrogen-bond donors (Lipinski definition) is 1. The van der Waals surface area contributed by atoms with Crippen LogP contribution >= 0.6 is 12.4 Å². The summed E-state index contributed by atoms with van der Waals surface area (Å²) in [6.07, 6.45) is 5.21. The van der Waals surface area contributed by atoms with Gasteiger partial charge >= 0.3 is 6.03 Å². The van der Waals surface area contributed by atoms with Crippen LogP contribution in [0.15, 0.2) is 18.5 Å². The molecule has 3 rings (SSSR count). The molecule has 0 atom stereocenters. The fourth-order valence-electron chi connectivity index (χ4n) is 3.48. The average Bonchev–Trinajstić information content (AvgIpc) is 2.80. The molecule has 0 saturated carbocycles. The zero-order valence-electron chi connectivity index (χ0n) is 14.3. The number of carbonyl (C=O) groups excluding carboxylic acids is 2. The molecule has 2 saturated heterocycles. The lowest BCUT2D eigenvalue weighted by atomic mass is 9.86. The molecule has 1 N–H and O–H groups in total. The maximum atomic E-state index is 13.1. The Morgan fingerprint density at radius 2 is 1.92 bits per heavy atom. The number of methoxy groups -OCH3 is 1. The van der Waals surface area contributed by atoms with Crippen molar-refractivity contribution >= 4 is 24.3 Å². The van der Waals surface area contributed by atoms with Crippen LogP contribution in [-0.4, -0.2) is 70.6 Å². The summed E-state index contributed by atoms with van der Waals surface area (Å²) < 4.78 is 5.09. The Morgan fingerprint density at radius 3 is 2.56 bits per heavy atom. The molecule has 3 amide bonds. The molecule has 2 fully saturated rings. The number of ether oxygens (including phenoxy) is 1. The SMILES string of the molecule is COCCCN1C(=O)N(Cc2ncccn2)C(=O)C12CCNCC2.Cl. The number of halogens is 1. The molecule has 1 aromatic heterocycles. The Kier molecular flexibility index (Phi) is 6.69. The van der Waals surface area contributed by atoms with Gasteiger partial charge in [-0.3, -0.25) is 9.69 Å². The largest absolute Gasteiger partial charge is 0.385 e. The van der Waals surface area contributed by atoms with Gasteiger partial charge in [-0.05, 0) is 38.4 Å². The van der Waals surface area contributed by atoms with Gasteiger partial charge in [0.05, 0.1) is 6.54 Å². The summed E-state index contributed by atoms with van der Waals surface area (Å²) in [7, 11) is 1.64. The second kappa shape index (κ2) is 8.55. The van der Waals surface area contributed by atoms with Crippen LogP contribution in [0.25, 0.3) is 0 Å². The summed E-state index contributed by atoms with van der Waals surface area (Å²) in [6, 6.07) is 1.47. The number of imide groups is 1. The minimum atomic E-state index is -0.731. The first-order valence-corrected chi connectivity index (χ1v) is 8.28. The van der Waals surface area contributed by atoms with E-state index in [2.05, 4.69) is 15.3 Å². The summed E-state index contributed by atoms with van der Waals surface area (Å²) in [6.45, 7) is 2.66. The number of aromatic nitrogens is 2. The van der Waals surface area contributed by atoms with Crippen LogP contribution in [0.1, 0.15) is 25.1 Å². The molecule has 0 radical (unpaired) electrons. The Labute approximate surface area is 153 Å². The summed E-state index contributed by atoms with van der Waals surface area (Å²) in [5.41, 5.74) is -0.731. The van der Waals surface area contributed by atoms with Gasteiger partial charge in [0.2, 0.25) is 0 Å². The van der Waals surface area contributed by atoms with Crippen molar-refractivity contribution < 1.29 is 14.3 Å². The highest BCUT2D eigenvalue weighted by Gasteiger charge is 2.56. The maximum Gasteiger partial charge on any atom is 0.328 e. The fourth-order valence-corrected chi connectivity index (χ4v) is 3.48. The van der Waals surface area contributed by atoms with E-state index in [0.29, 0.717) is 38.2 Å². The van der Waals surface area contributed by atoms with Crippen molar-refractivity contribution in [2.24, 2.45) is 0 Å². The molecular weight excluding hydrogens is 346 g/mol. The zero-order chi connectivity index (χ0) is 17.0. The van der Waals surface area contributed by atoms with Crippen molar-refractivity contribution in [3.63, 3.8) is 0 Å². The summed E-state index contributed by atoms with van der Waals surface area (Å²) >= 11 is 0. The summed E-state index contributed by atoms with van der Waals surface area (Å²) in [5, 5.41) is 3.27. The molecule has 0 bridgehead atoms. The van der Waals surface area contributed by atoms with E-state index in [4.69, 9.17) is 4.74 Å². The second-order valence-electron chi connectivity index (χ2n) is 6.12. The van der Waals surface area contributed by atoms with Gasteiger partial charge in [0.25, 0.3) is 5.91 Å². The lowest BCUT2D eigenvalue weighted by Crippen LogP contribution is -2.56. The van der Waals surface area contributed by atoms with Gasteiger partial charge in [0, 0.05) is 32.7 Å². The van der Waals surface area contributed by atoms with Crippen molar-refractivity contribution in [2.75, 3.05) is 33.4 Å². The zero-order valence-corrected chi connectivity index (χ0v) is 15.1. The van der Waals surface area contributed by atoms with Gasteiger partial charge in [-0.15, -0.1) is 12.4 Å². The molecule has 2 aliphatic rings. The van der Waals surface area contributed by atoms with Gasteiger partial charge in [0.15, 0.2) is 0 Å². The summed E-state index contributed by atoms with van der Waals surface area (Å²) in [5.74, 6) is 0.348. The van der Waals surface area contributed by atoms with Crippen LogP contribution in [0.2, 0.25) is 0 Å². The quantitative estimate of drug-likeness (QED) is 0.590. The van der Waals surface area contributed by atoms with Crippen LogP contribution in [0.4, 0.5) is 4.79 Å². The third-order valence-corrected chi connectivity index (χ3v) is 4.70. The van der Waals surface area contributed by atoms with E-state index in [0.717, 1.165) is 13.1 Å². The molecule has 0 unspecified atom stereocenters. The molecule has 1 aromatic rings. The molecule has 2 aliphatic heterocycles. The Morgan fingerprint density at radius 1 is 1.24 bits per heavy atom. The highest BCUT2D eigenvalue weighted by Crippen LogP contribution is 2.36. The van der Waals surface area contributed by atoms with Gasteiger partial charge in [-0.1, -0.05) is 0 Å². The van der Waals surface area contributed by atoms with Crippen molar-refractivity contribution in [2.45, 2.75) is 31.3 Å². The van der Waals surface area contributed by atoms with Crippen LogP contribution < -0.4 is 5.32 Å². The summed E-state index contributed by atoms with van der Waals surface area (Å²) in [4.78, 5) is 37.3. The Balaban J connectivity index is 0.00000225. The average molecular weight is 370 g/mol. The van der Waals surface area contributed by atoms with Crippen molar-refractivity contribution in [3.8, 4) is 0 Å².